The molecule has 0 radical (unpaired) electrons. The molecule has 17 heavy (non-hydrogen) atoms. The lowest BCUT2D eigenvalue weighted by molar-refractivity contribution is 0.0965. The average molecular weight is 235 g/mol. The zero-order valence-electron chi connectivity index (χ0n) is 9.82. The van der Waals surface area contributed by atoms with Crippen LogP contribution in [0.2, 0.25) is 0 Å². The first-order valence-electron chi connectivity index (χ1n) is 5.58. The fraction of sp³-hybridized carbons (Fsp3) is 0.333. The molecule has 0 fully saturated rings. The van der Waals surface area contributed by atoms with Gasteiger partial charge in [0.25, 0.3) is 5.91 Å². The Morgan fingerprint density at radius 3 is 2.65 bits per heavy atom. The standard InChI is InChI=1S/C12H17N3O2/c1-2-3-8-14-12(17)15-11(16)9-6-4-5-7-10(9)13/h4-7H,2-3,8,13H2,1H3,(H2,14,15,16,17). The van der Waals surface area contributed by atoms with Crippen LogP contribution in [0, 0.1) is 0 Å². The van der Waals surface area contributed by atoms with Gasteiger partial charge in [0.1, 0.15) is 0 Å². The van der Waals surface area contributed by atoms with Crippen LogP contribution in [0.3, 0.4) is 0 Å². The van der Waals surface area contributed by atoms with Gasteiger partial charge < -0.3 is 11.1 Å². The summed E-state index contributed by atoms with van der Waals surface area (Å²) in [5.74, 6) is -0.489. The summed E-state index contributed by atoms with van der Waals surface area (Å²) >= 11 is 0. The number of carbonyl (C=O) groups excluding carboxylic acids is 2. The highest BCUT2D eigenvalue weighted by Gasteiger charge is 2.11. The predicted octanol–water partition coefficient (Wildman–Crippen LogP) is 1.51. The molecule has 5 nitrogen and oxygen atoms in total. The Labute approximate surface area is 100 Å². The Hall–Kier alpha value is -2.04. The molecule has 0 aliphatic heterocycles. The number of carbonyl (C=O) groups is 2. The topological polar surface area (TPSA) is 84.2 Å². The van der Waals surface area contributed by atoms with Crippen LogP contribution < -0.4 is 16.4 Å². The van der Waals surface area contributed by atoms with Crippen molar-refractivity contribution in [1.29, 1.82) is 0 Å². The van der Waals surface area contributed by atoms with E-state index in [4.69, 9.17) is 5.73 Å². The van der Waals surface area contributed by atoms with E-state index in [1.54, 1.807) is 24.3 Å². The Kier molecular flexibility index (Phi) is 5.00. The first-order chi connectivity index (χ1) is 8.15. The molecule has 92 valence electrons. The SMILES string of the molecule is CCCCNC(=O)NC(=O)c1ccccc1N. The van der Waals surface area contributed by atoms with Crippen LogP contribution in [-0.2, 0) is 0 Å². The third kappa shape index (κ3) is 4.14. The van der Waals surface area contributed by atoms with Crippen molar-refractivity contribution in [2.45, 2.75) is 19.8 Å². The summed E-state index contributed by atoms with van der Waals surface area (Å²) in [6.45, 7) is 2.58. The monoisotopic (exact) mass is 235 g/mol. The van der Waals surface area contributed by atoms with Crippen molar-refractivity contribution in [3.8, 4) is 0 Å². The molecule has 3 amide bonds. The normalized spacial score (nSPS) is 9.71. The van der Waals surface area contributed by atoms with E-state index in [0.717, 1.165) is 12.8 Å². The van der Waals surface area contributed by atoms with Gasteiger partial charge in [-0.1, -0.05) is 25.5 Å². The quantitative estimate of drug-likeness (QED) is 0.546. The summed E-state index contributed by atoms with van der Waals surface area (Å²) in [6, 6.07) is 6.12. The first kappa shape index (κ1) is 13.0. The zero-order chi connectivity index (χ0) is 12.7. The molecule has 4 N–H and O–H groups in total. The Morgan fingerprint density at radius 1 is 1.29 bits per heavy atom. The fourth-order valence-corrected chi connectivity index (χ4v) is 1.30. The van der Waals surface area contributed by atoms with E-state index in [1.807, 2.05) is 6.92 Å². The molecule has 0 aliphatic carbocycles. The first-order valence-corrected chi connectivity index (χ1v) is 5.58. The molecule has 1 aromatic rings. The second-order valence-electron chi connectivity index (χ2n) is 3.65. The Bertz CT molecular complexity index is 404. The van der Waals surface area contributed by atoms with E-state index in [1.165, 1.54) is 0 Å². The summed E-state index contributed by atoms with van der Waals surface area (Å²) in [5.41, 5.74) is 6.28. The number of nitrogen functional groups attached to an aromatic ring is 1. The molecule has 0 aromatic heterocycles. The van der Waals surface area contributed by atoms with Gasteiger partial charge >= 0.3 is 6.03 Å². The average Bonchev–Trinajstić information content (AvgIpc) is 2.29. The summed E-state index contributed by atoms with van der Waals surface area (Å²) in [5, 5.41) is 4.82. The van der Waals surface area contributed by atoms with Crippen molar-refractivity contribution in [2.24, 2.45) is 0 Å². The van der Waals surface area contributed by atoms with Gasteiger partial charge in [-0.05, 0) is 18.6 Å². The number of amides is 3. The van der Waals surface area contributed by atoms with E-state index in [9.17, 15) is 9.59 Å². The minimum absolute atomic E-state index is 0.304. The van der Waals surface area contributed by atoms with Crippen molar-refractivity contribution in [1.82, 2.24) is 10.6 Å². The Balaban J connectivity index is 2.49. The highest BCUT2D eigenvalue weighted by atomic mass is 16.2. The van der Waals surface area contributed by atoms with Gasteiger partial charge in [-0.3, -0.25) is 10.1 Å². The lowest BCUT2D eigenvalue weighted by Gasteiger charge is -2.07. The maximum atomic E-state index is 11.7. The van der Waals surface area contributed by atoms with E-state index in [-0.39, 0.29) is 0 Å². The van der Waals surface area contributed by atoms with Crippen LogP contribution in [0.15, 0.2) is 24.3 Å². The molecule has 0 aliphatic rings. The molecule has 5 heteroatoms. The summed E-state index contributed by atoms with van der Waals surface area (Å²) in [7, 11) is 0. The number of rotatable bonds is 4. The van der Waals surface area contributed by atoms with Crippen LogP contribution in [0.5, 0.6) is 0 Å². The maximum absolute atomic E-state index is 11.7. The minimum atomic E-state index is -0.494. The second-order valence-corrected chi connectivity index (χ2v) is 3.65. The van der Waals surface area contributed by atoms with E-state index in [2.05, 4.69) is 10.6 Å². The number of para-hydroxylation sites is 1. The van der Waals surface area contributed by atoms with Crippen LogP contribution in [0.4, 0.5) is 10.5 Å². The maximum Gasteiger partial charge on any atom is 0.321 e. The highest BCUT2D eigenvalue weighted by molar-refractivity contribution is 6.07. The van der Waals surface area contributed by atoms with E-state index < -0.39 is 11.9 Å². The fourth-order valence-electron chi connectivity index (χ4n) is 1.30. The molecule has 1 rings (SSSR count). The van der Waals surface area contributed by atoms with Gasteiger partial charge in [0.05, 0.1) is 5.56 Å². The van der Waals surface area contributed by atoms with Gasteiger partial charge in [-0.25, -0.2) is 4.79 Å². The molecule has 0 heterocycles. The minimum Gasteiger partial charge on any atom is -0.398 e. The van der Waals surface area contributed by atoms with Gasteiger partial charge in [0.15, 0.2) is 0 Å². The zero-order valence-corrected chi connectivity index (χ0v) is 9.82. The molecule has 0 atom stereocenters. The highest BCUT2D eigenvalue weighted by Crippen LogP contribution is 2.09. The molecule has 1 aromatic carbocycles. The summed E-state index contributed by atoms with van der Waals surface area (Å²) in [6.07, 6.45) is 1.87. The van der Waals surface area contributed by atoms with Gasteiger partial charge in [-0.2, -0.15) is 0 Å². The van der Waals surface area contributed by atoms with Crippen molar-refractivity contribution < 1.29 is 9.59 Å². The number of nitrogens with two attached hydrogens (primary N) is 1. The number of benzene rings is 1. The number of unbranched alkanes of at least 4 members (excludes halogenated alkanes) is 1. The van der Waals surface area contributed by atoms with Gasteiger partial charge in [-0.15, -0.1) is 0 Å². The van der Waals surface area contributed by atoms with E-state index >= 15 is 0 Å². The molecule has 0 saturated carbocycles. The molecule has 0 spiro atoms. The summed E-state index contributed by atoms with van der Waals surface area (Å²) < 4.78 is 0. The van der Waals surface area contributed by atoms with Crippen molar-refractivity contribution in [3.63, 3.8) is 0 Å². The largest absolute Gasteiger partial charge is 0.398 e. The third-order valence-corrected chi connectivity index (χ3v) is 2.25. The van der Waals surface area contributed by atoms with Gasteiger partial charge in [0, 0.05) is 12.2 Å². The number of urea groups is 1. The number of hydrogen-bond acceptors (Lipinski definition) is 3. The van der Waals surface area contributed by atoms with Gasteiger partial charge in [0.2, 0.25) is 0 Å². The lowest BCUT2D eigenvalue weighted by atomic mass is 10.2. The van der Waals surface area contributed by atoms with Crippen molar-refractivity contribution in [3.05, 3.63) is 29.8 Å². The number of hydrogen-bond donors (Lipinski definition) is 3. The van der Waals surface area contributed by atoms with Crippen molar-refractivity contribution in [2.75, 3.05) is 12.3 Å². The molecule has 0 unspecified atom stereocenters. The van der Waals surface area contributed by atoms with Crippen LogP contribution in [0.1, 0.15) is 30.1 Å². The van der Waals surface area contributed by atoms with Crippen molar-refractivity contribution >= 4 is 17.6 Å². The molecule has 0 saturated heterocycles. The lowest BCUT2D eigenvalue weighted by Crippen LogP contribution is -2.40. The number of nitrogens with one attached hydrogen (secondary N) is 2. The predicted molar refractivity (Wildman–Crippen MR) is 66.6 cm³/mol. The van der Waals surface area contributed by atoms with Crippen LogP contribution in [0.25, 0.3) is 0 Å². The molecular weight excluding hydrogens is 218 g/mol. The second kappa shape index (κ2) is 6.52. The molecule has 0 bridgehead atoms. The third-order valence-electron chi connectivity index (χ3n) is 2.25. The molecular formula is C12H17N3O2. The van der Waals surface area contributed by atoms with Crippen LogP contribution >= 0.6 is 0 Å². The Morgan fingerprint density at radius 2 is 2.00 bits per heavy atom. The van der Waals surface area contributed by atoms with E-state index in [0.29, 0.717) is 17.8 Å². The summed E-state index contributed by atoms with van der Waals surface area (Å²) in [4.78, 5) is 23.0. The smallest absolute Gasteiger partial charge is 0.321 e. The number of imide groups is 1. The van der Waals surface area contributed by atoms with Crippen LogP contribution in [-0.4, -0.2) is 18.5 Å². The number of anilines is 1.